The summed E-state index contributed by atoms with van der Waals surface area (Å²) >= 11 is 0. The molecule has 6 heteroatoms. The highest BCUT2D eigenvalue weighted by atomic mass is 16.3. The molecular weight excluding hydrogens is 278 g/mol. The lowest BCUT2D eigenvalue weighted by atomic mass is 9.85. The van der Waals surface area contributed by atoms with Gasteiger partial charge in [0, 0.05) is 24.1 Å². The van der Waals surface area contributed by atoms with E-state index in [0.717, 1.165) is 18.5 Å². The summed E-state index contributed by atoms with van der Waals surface area (Å²) in [7, 11) is 0. The van der Waals surface area contributed by atoms with E-state index in [0.29, 0.717) is 6.04 Å². The summed E-state index contributed by atoms with van der Waals surface area (Å²) in [5.74, 6) is 0. The molecule has 118 valence electrons. The van der Waals surface area contributed by atoms with Crippen molar-refractivity contribution in [3.63, 3.8) is 0 Å². The molecule has 1 heterocycles. The zero-order chi connectivity index (χ0) is 15.6. The molecule has 3 rings (SSSR count). The van der Waals surface area contributed by atoms with E-state index in [1.54, 1.807) is 11.0 Å². The van der Waals surface area contributed by atoms with Crippen molar-refractivity contribution in [3.05, 3.63) is 36.2 Å². The molecule has 0 bridgehead atoms. The SMILES string of the molecule is CC(NC1CCCC1(C)CO)c1ccc(-n2cnnn2)cc1. The molecule has 2 aromatic rings. The third-order valence-electron chi connectivity index (χ3n) is 4.90. The number of nitrogens with zero attached hydrogens (tertiary/aromatic N) is 4. The van der Waals surface area contributed by atoms with Gasteiger partial charge in [0.25, 0.3) is 0 Å². The van der Waals surface area contributed by atoms with Gasteiger partial charge in [-0.1, -0.05) is 25.5 Å². The molecule has 3 atom stereocenters. The highest BCUT2D eigenvalue weighted by Gasteiger charge is 2.38. The Bertz CT molecular complexity index is 598. The van der Waals surface area contributed by atoms with Gasteiger partial charge in [0.2, 0.25) is 0 Å². The first kappa shape index (κ1) is 15.1. The summed E-state index contributed by atoms with van der Waals surface area (Å²) in [5, 5.41) is 24.5. The van der Waals surface area contributed by atoms with Crippen LogP contribution in [0, 0.1) is 5.41 Å². The number of aromatic nitrogens is 4. The number of hydrogen-bond acceptors (Lipinski definition) is 5. The van der Waals surface area contributed by atoms with Gasteiger partial charge in [0.15, 0.2) is 0 Å². The quantitative estimate of drug-likeness (QED) is 0.881. The molecule has 1 aromatic carbocycles. The molecule has 0 spiro atoms. The fourth-order valence-corrected chi connectivity index (χ4v) is 3.30. The summed E-state index contributed by atoms with van der Waals surface area (Å²) in [6.45, 7) is 4.59. The minimum atomic E-state index is 0.000595. The Hall–Kier alpha value is -1.79. The van der Waals surface area contributed by atoms with Crippen molar-refractivity contribution in [2.45, 2.75) is 45.2 Å². The van der Waals surface area contributed by atoms with Crippen LogP contribution < -0.4 is 5.32 Å². The van der Waals surface area contributed by atoms with E-state index in [9.17, 15) is 5.11 Å². The summed E-state index contributed by atoms with van der Waals surface area (Å²) < 4.78 is 1.64. The Morgan fingerprint density at radius 1 is 1.41 bits per heavy atom. The maximum absolute atomic E-state index is 9.66. The topological polar surface area (TPSA) is 75.9 Å². The van der Waals surface area contributed by atoms with E-state index < -0.39 is 0 Å². The van der Waals surface area contributed by atoms with Crippen LogP contribution in [-0.4, -0.2) is 38.0 Å². The first-order valence-corrected chi connectivity index (χ1v) is 7.83. The Kier molecular flexibility index (Phi) is 4.22. The Morgan fingerprint density at radius 2 is 2.18 bits per heavy atom. The van der Waals surface area contributed by atoms with Gasteiger partial charge >= 0.3 is 0 Å². The van der Waals surface area contributed by atoms with Crippen LogP contribution >= 0.6 is 0 Å². The molecule has 0 saturated heterocycles. The van der Waals surface area contributed by atoms with Crippen molar-refractivity contribution < 1.29 is 5.11 Å². The average Bonchev–Trinajstić information content (AvgIpc) is 3.19. The average molecular weight is 301 g/mol. The van der Waals surface area contributed by atoms with Gasteiger partial charge in [-0.3, -0.25) is 0 Å². The number of benzene rings is 1. The lowest BCUT2D eigenvalue weighted by Gasteiger charge is -2.32. The van der Waals surface area contributed by atoms with Gasteiger partial charge in [-0.15, -0.1) is 5.10 Å². The highest BCUT2D eigenvalue weighted by molar-refractivity contribution is 5.34. The van der Waals surface area contributed by atoms with E-state index in [4.69, 9.17) is 0 Å². The zero-order valence-electron chi connectivity index (χ0n) is 13.1. The molecule has 1 aliphatic rings. The first-order chi connectivity index (χ1) is 10.6. The van der Waals surface area contributed by atoms with Crippen molar-refractivity contribution in [2.75, 3.05) is 6.61 Å². The van der Waals surface area contributed by atoms with Crippen molar-refractivity contribution >= 4 is 0 Å². The molecule has 1 aromatic heterocycles. The second-order valence-electron chi connectivity index (χ2n) is 6.49. The second-order valence-corrected chi connectivity index (χ2v) is 6.49. The number of tetrazole rings is 1. The zero-order valence-corrected chi connectivity index (χ0v) is 13.1. The second kappa shape index (κ2) is 6.14. The normalized spacial score (nSPS) is 26.2. The van der Waals surface area contributed by atoms with Crippen LogP contribution in [0.3, 0.4) is 0 Å². The lowest BCUT2D eigenvalue weighted by Crippen LogP contribution is -2.42. The molecule has 3 unspecified atom stereocenters. The molecule has 0 amide bonds. The van der Waals surface area contributed by atoms with E-state index in [1.807, 2.05) is 12.1 Å². The summed E-state index contributed by atoms with van der Waals surface area (Å²) in [6, 6.07) is 8.84. The number of rotatable bonds is 5. The molecule has 0 radical (unpaired) electrons. The molecule has 0 aliphatic heterocycles. The van der Waals surface area contributed by atoms with Crippen LogP contribution in [0.4, 0.5) is 0 Å². The van der Waals surface area contributed by atoms with Crippen LogP contribution in [0.5, 0.6) is 0 Å². The third kappa shape index (κ3) is 2.89. The number of aliphatic hydroxyl groups excluding tert-OH is 1. The highest BCUT2D eigenvalue weighted by Crippen LogP contribution is 2.38. The maximum atomic E-state index is 9.66. The van der Waals surface area contributed by atoms with Crippen molar-refractivity contribution in [2.24, 2.45) is 5.41 Å². The first-order valence-electron chi connectivity index (χ1n) is 7.83. The molecule has 1 aliphatic carbocycles. The van der Waals surface area contributed by atoms with E-state index in [1.165, 1.54) is 12.0 Å². The minimum absolute atomic E-state index is 0.000595. The van der Waals surface area contributed by atoms with Gasteiger partial charge in [0.1, 0.15) is 6.33 Å². The monoisotopic (exact) mass is 301 g/mol. The van der Waals surface area contributed by atoms with Gasteiger partial charge in [-0.05, 0) is 47.9 Å². The van der Waals surface area contributed by atoms with E-state index >= 15 is 0 Å². The summed E-state index contributed by atoms with van der Waals surface area (Å²) in [5.41, 5.74) is 2.17. The van der Waals surface area contributed by atoms with Gasteiger partial charge in [-0.2, -0.15) is 0 Å². The van der Waals surface area contributed by atoms with Crippen LogP contribution in [-0.2, 0) is 0 Å². The maximum Gasteiger partial charge on any atom is 0.143 e. The summed E-state index contributed by atoms with van der Waals surface area (Å²) in [6.07, 6.45) is 4.98. The molecular formula is C16H23N5O. The van der Waals surface area contributed by atoms with Gasteiger partial charge in [-0.25, -0.2) is 4.68 Å². The summed E-state index contributed by atoms with van der Waals surface area (Å²) in [4.78, 5) is 0. The van der Waals surface area contributed by atoms with Crippen LogP contribution in [0.1, 0.15) is 44.7 Å². The molecule has 1 saturated carbocycles. The Balaban J connectivity index is 1.69. The standard InChI is InChI=1S/C16H23N5O/c1-12(18-15-4-3-9-16(15,2)10-22)13-5-7-14(8-6-13)21-11-17-19-20-21/h5-8,11-12,15,18,22H,3-4,9-10H2,1-2H3. The van der Waals surface area contributed by atoms with Crippen molar-refractivity contribution in [3.8, 4) is 5.69 Å². The van der Waals surface area contributed by atoms with E-state index in [2.05, 4.69) is 46.8 Å². The smallest absolute Gasteiger partial charge is 0.143 e. The molecule has 1 fully saturated rings. The Labute approximate surface area is 130 Å². The van der Waals surface area contributed by atoms with Crippen LogP contribution in [0.2, 0.25) is 0 Å². The minimum Gasteiger partial charge on any atom is -0.396 e. The molecule has 2 N–H and O–H groups in total. The number of nitrogens with one attached hydrogen (secondary N) is 1. The van der Waals surface area contributed by atoms with Crippen LogP contribution in [0.15, 0.2) is 30.6 Å². The van der Waals surface area contributed by atoms with E-state index in [-0.39, 0.29) is 18.1 Å². The predicted octanol–water partition coefficient (Wildman–Crippen LogP) is 1.86. The lowest BCUT2D eigenvalue weighted by molar-refractivity contribution is 0.114. The molecule has 6 nitrogen and oxygen atoms in total. The number of hydrogen-bond donors (Lipinski definition) is 2. The predicted molar refractivity (Wildman–Crippen MR) is 83.5 cm³/mol. The number of aliphatic hydroxyl groups is 1. The van der Waals surface area contributed by atoms with Gasteiger partial charge in [0.05, 0.1) is 5.69 Å². The Morgan fingerprint density at radius 3 is 2.82 bits per heavy atom. The fourth-order valence-electron chi connectivity index (χ4n) is 3.30. The van der Waals surface area contributed by atoms with Crippen LogP contribution in [0.25, 0.3) is 5.69 Å². The third-order valence-corrected chi connectivity index (χ3v) is 4.90. The van der Waals surface area contributed by atoms with Gasteiger partial charge < -0.3 is 10.4 Å². The largest absolute Gasteiger partial charge is 0.396 e. The van der Waals surface area contributed by atoms with Crippen molar-refractivity contribution in [1.82, 2.24) is 25.5 Å². The fraction of sp³-hybridized carbons (Fsp3) is 0.562. The molecule has 22 heavy (non-hydrogen) atoms. The van der Waals surface area contributed by atoms with Crippen molar-refractivity contribution in [1.29, 1.82) is 0 Å².